The summed E-state index contributed by atoms with van der Waals surface area (Å²) < 4.78 is 58.9. The molecule has 3 aliphatic heterocycles. The Morgan fingerprint density at radius 1 is 0.687 bits per heavy atom. The molecule has 17 N–H and O–H groups in total. The zero-order valence-corrected chi connectivity index (χ0v) is 63.6. The Labute approximate surface area is 662 Å². The van der Waals surface area contributed by atoms with E-state index in [-0.39, 0.29) is 133 Å². The van der Waals surface area contributed by atoms with Gasteiger partial charge in [0.25, 0.3) is 11.1 Å². The van der Waals surface area contributed by atoms with E-state index in [0.29, 0.717) is 83.0 Å². The first-order chi connectivity index (χ1) is 53.7. The number of hydrogen-bond acceptors (Lipinski definition) is 35. The van der Waals surface area contributed by atoms with Gasteiger partial charge in [-0.2, -0.15) is 15.0 Å². The van der Waals surface area contributed by atoms with Gasteiger partial charge in [0, 0.05) is 43.1 Å². The average molecular weight is 1660 g/mol. The van der Waals surface area contributed by atoms with E-state index in [1.54, 1.807) is 74.5 Å². The first kappa shape index (κ1) is 93.0. The van der Waals surface area contributed by atoms with Crippen LogP contribution in [0.15, 0.2) is 106 Å². The van der Waals surface area contributed by atoms with Gasteiger partial charge in [-0.25, -0.2) is 54.4 Å². The second-order valence-corrected chi connectivity index (χ2v) is 29.8. The molecule has 5 aliphatic rings. The summed E-state index contributed by atoms with van der Waals surface area (Å²) in [5.74, 6) is -0.0304. The lowest BCUT2D eigenvalue weighted by Crippen LogP contribution is -2.33. The van der Waals surface area contributed by atoms with E-state index in [2.05, 4.69) is 81.2 Å². The summed E-state index contributed by atoms with van der Waals surface area (Å²) in [7, 11) is -2.53. The maximum absolute atomic E-state index is 11.5. The highest BCUT2D eigenvalue weighted by Gasteiger charge is 2.31. The van der Waals surface area contributed by atoms with E-state index in [4.69, 9.17) is 72.2 Å². The SMILES string of the molecule is C.C.C.CC(Cn1cnc2c(N)ncnc21)OC[P+](C)=O.C[P+](=O)COCCn1cnc2c(N)ncnc21.Cc1cn([C@H]2C=C[C@@H](CO)O2)c(=O)[nH]c1=O.Nc1ccn(C2COC(CO)S2)c(=O)n1.Nc1nc(NC2CC2)c2ncn([C@@H]3C=C[C@H](CO)C3)c2n1.O=C(O)CCC(=O)O.O=c1[nH]cnc2c1ncn2[C@H]1CC[C@@H](CO)O1. The Morgan fingerprint density at radius 2 is 1.34 bits per heavy atom. The van der Waals surface area contributed by atoms with E-state index < -0.39 is 56.8 Å². The van der Waals surface area contributed by atoms with Crippen LogP contribution < -0.4 is 50.7 Å². The van der Waals surface area contributed by atoms with Crippen LogP contribution in [0.4, 0.5) is 29.2 Å². The zero-order chi connectivity index (χ0) is 80.7. The Bertz CT molecular complexity index is 5170. The summed E-state index contributed by atoms with van der Waals surface area (Å²) in [5.41, 5.74) is 26.1. The van der Waals surface area contributed by atoms with Crippen LogP contribution in [0.1, 0.15) is 104 Å². The van der Waals surface area contributed by atoms with Gasteiger partial charge < -0.3 is 101 Å². The van der Waals surface area contributed by atoms with Crippen LogP contribution in [0.25, 0.3) is 44.7 Å². The number of aryl methyl sites for hydroxylation is 1. The summed E-state index contributed by atoms with van der Waals surface area (Å²) in [5, 5.41) is 55.0. The van der Waals surface area contributed by atoms with E-state index in [1.807, 2.05) is 26.7 Å². The standard InChI is InChI=1S/C14H18N6O.C10H15N5O2P.C10H12N4O3.C10H12N2O4.C9H13N5O2P.C8H11N3O3S.C4H6O4.3CH4/c15-14-18-12(17-9-2-3-9)11-13(19-14)20(7-16-11)10-4-1-8(5-10)6-21;1-7(17-6-18(2)16)3-15-5-14-8-9(11)12-4-13-10(8)15;15-3-6-1-2-7(17-6)14-5-13-8-9(14)11-4-12-10(8)16;1-6-4-12(10(15)11-9(6)14)8-3-2-7(5-13)16-8;1-17(15)6-16-3-2-14-5-13-7-8(10)11-4-12-9(7)14;9-5-1-2-11(8(13)10-5)6-4-14-7(3-12)15-6;5-3(6)1-2-4(7)8;;;/h1,4,7-10,21H,2-3,5-6H2,(H3,15,17,18,19);4-5,7H,3,6H2,1-2H3,(H2,11,12,13);4-7,15H,1-3H2,(H,11,12,16);2-4,7-8,13H,5H2,1H3,(H,11,14,15);4-5H,2-3,6H2,1H3,(H2,10,11,12);1-2,6-7,12H,3-4H2,(H2,9,10,13);1-2H2,(H,5,6)(H,7,8);3*1H4/q;+1;;;+1;;;;;/t8-,10+;;6-,7+;7-,8+;;;;;;/m0.00....../s1. The number of carboxylic acid groups (broad SMARTS) is 2. The topological polar surface area (TPSA) is 636 Å². The molecular formula is C68H99N25O19P2S+2. The molecular weight excluding hydrogens is 1560 g/mol. The molecule has 13 heterocycles. The molecule has 0 bridgehead atoms. The molecule has 3 fully saturated rings. The van der Waals surface area contributed by atoms with Crippen LogP contribution in [0.2, 0.25) is 0 Å². The highest BCUT2D eigenvalue weighted by molar-refractivity contribution is 8.00. The van der Waals surface area contributed by atoms with Gasteiger partial charge in [0.15, 0.2) is 57.3 Å². The number of fused-ring (bicyclic) bond motifs is 4. The molecule has 0 aromatic carbocycles. The molecule has 11 atom stereocenters. The van der Waals surface area contributed by atoms with Gasteiger partial charge in [-0.1, -0.05) is 49.6 Å². The van der Waals surface area contributed by atoms with Crippen LogP contribution in [0.3, 0.4) is 0 Å². The molecule has 15 rings (SSSR count). The lowest BCUT2D eigenvalue weighted by atomic mass is 10.1. The highest BCUT2D eigenvalue weighted by atomic mass is 32.2. The fraction of sp³-hybridized carbons (Fsp3) is 0.500. The summed E-state index contributed by atoms with van der Waals surface area (Å²) in [6, 6.07) is 2.21. The number of ether oxygens (including phenoxy) is 5. The van der Waals surface area contributed by atoms with Crippen molar-refractivity contribution in [1.82, 2.24) is 97.2 Å². The molecule has 0 radical (unpaired) electrons. The molecule has 44 nitrogen and oxygen atoms in total. The Kier molecular flexibility index (Phi) is 36.2. The summed E-state index contributed by atoms with van der Waals surface area (Å²) >= 11 is 1.39. The number of imidazole rings is 4. The number of carbonyl (C=O) groups is 2. The van der Waals surface area contributed by atoms with Crippen LogP contribution in [0, 0.1) is 12.8 Å². The number of anilines is 5. The minimum Gasteiger partial charge on any atom is -0.481 e. The summed E-state index contributed by atoms with van der Waals surface area (Å²) in [6.45, 7) is 8.81. The van der Waals surface area contributed by atoms with Gasteiger partial charge in [0.1, 0.15) is 66.0 Å². The predicted molar refractivity (Wildman–Crippen MR) is 428 cm³/mol. The number of aliphatic hydroxyl groups excluding tert-OH is 4. The number of aliphatic carboxylic acids is 2. The highest BCUT2D eigenvalue weighted by Crippen LogP contribution is 2.36. The van der Waals surface area contributed by atoms with E-state index in [1.165, 1.54) is 46.1 Å². The number of nitrogens with zero attached hydrogens (tertiary/aromatic N) is 18. The number of nitrogen functional groups attached to an aromatic ring is 4. The molecule has 5 unspecified atom stereocenters. The first-order valence-corrected chi connectivity index (χ1v) is 39.4. The van der Waals surface area contributed by atoms with Crippen molar-refractivity contribution in [3.8, 4) is 0 Å². The maximum Gasteiger partial charge on any atom is 0.363 e. The third-order valence-corrected chi connectivity index (χ3v) is 19.0. The Morgan fingerprint density at radius 3 is 1.93 bits per heavy atom. The first-order valence-electron chi connectivity index (χ1n) is 34.7. The average Bonchev–Trinajstić information content (AvgIpc) is 1.64. The maximum atomic E-state index is 11.5. The third kappa shape index (κ3) is 26.4. The van der Waals surface area contributed by atoms with Crippen LogP contribution in [-0.4, -0.2) is 235 Å². The molecule has 624 valence electrons. The quantitative estimate of drug-likeness (QED) is 0.0248. The van der Waals surface area contributed by atoms with Crippen molar-refractivity contribution in [3.63, 3.8) is 0 Å². The molecule has 0 amide bonds. The Balaban J connectivity index is 0.000000210. The van der Waals surface area contributed by atoms with Crippen molar-refractivity contribution in [3.05, 3.63) is 134 Å². The van der Waals surface area contributed by atoms with Crippen molar-refractivity contribution < 1.29 is 73.0 Å². The molecule has 10 aromatic heterocycles. The van der Waals surface area contributed by atoms with E-state index in [9.17, 15) is 43.0 Å². The molecule has 2 aliphatic carbocycles. The molecule has 115 heavy (non-hydrogen) atoms. The van der Waals surface area contributed by atoms with Gasteiger partial charge in [-0.05, 0) is 58.1 Å². The number of aliphatic hydroxyl groups is 4. The fourth-order valence-corrected chi connectivity index (χ4v) is 12.9. The summed E-state index contributed by atoms with van der Waals surface area (Å²) in [4.78, 5) is 119. The minimum absolute atomic E-state index is 0. The van der Waals surface area contributed by atoms with Crippen molar-refractivity contribution >= 4 is 113 Å². The van der Waals surface area contributed by atoms with Gasteiger partial charge in [0.05, 0.1) is 102 Å². The second-order valence-electron chi connectivity index (χ2n) is 25.4. The number of H-pyrrole nitrogens is 2. The minimum atomic E-state index is -1.28. The Hall–Kier alpha value is -10.8. The van der Waals surface area contributed by atoms with Gasteiger partial charge in [-0.15, -0.1) is 11.8 Å². The number of aromatic amines is 2. The number of carboxylic acids is 2. The normalized spacial score (nSPS) is 19.3. The van der Waals surface area contributed by atoms with E-state index in [0.717, 1.165) is 49.1 Å². The number of aromatic nitrogens is 20. The fourth-order valence-electron chi connectivity index (χ4n) is 11.0. The predicted octanol–water partition coefficient (Wildman–Crippen LogP) is 3.49. The number of allylic oxidation sites excluding steroid dienone is 1. The largest absolute Gasteiger partial charge is 0.481 e. The third-order valence-electron chi connectivity index (χ3n) is 16.7. The smallest absolute Gasteiger partial charge is 0.363 e. The van der Waals surface area contributed by atoms with E-state index >= 15 is 0 Å². The van der Waals surface area contributed by atoms with Gasteiger partial charge >= 0.3 is 38.9 Å². The zero-order valence-electron chi connectivity index (χ0n) is 61.0. The van der Waals surface area contributed by atoms with Crippen molar-refractivity contribution in [2.45, 2.75) is 148 Å². The van der Waals surface area contributed by atoms with Gasteiger partial charge in [-0.3, -0.25) is 37.9 Å². The van der Waals surface area contributed by atoms with Crippen LogP contribution in [0.5, 0.6) is 0 Å². The van der Waals surface area contributed by atoms with Crippen molar-refractivity contribution in [2.24, 2.45) is 5.92 Å². The molecule has 2 saturated heterocycles. The van der Waals surface area contributed by atoms with Gasteiger partial charge in [0.2, 0.25) is 18.6 Å². The number of rotatable bonds is 23. The summed E-state index contributed by atoms with van der Waals surface area (Å²) in [6.07, 6.45) is 24.6. The van der Waals surface area contributed by atoms with Crippen LogP contribution >= 0.6 is 27.4 Å². The van der Waals surface area contributed by atoms with Crippen molar-refractivity contribution in [1.29, 1.82) is 0 Å². The second kappa shape index (κ2) is 44.7. The lowest BCUT2D eigenvalue weighted by molar-refractivity contribution is -0.143. The lowest BCUT2D eigenvalue weighted by Gasteiger charge is -2.14. The number of nitrogens with one attached hydrogen (secondary N) is 3. The number of nitrogens with two attached hydrogens (primary N) is 4. The molecule has 0 spiro atoms. The number of thioether (sulfide) groups is 1. The molecule has 10 aromatic rings. The number of hydrogen-bond donors (Lipinski definition) is 13. The van der Waals surface area contributed by atoms with Crippen molar-refractivity contribution in [2.75, 3.05) is 93.9 Å². The molecule has 1 saturated carbocycles. The molecule has 47 heteroatoms. The van der Waals surface area contributed by atoms with Crippen LogP contribution in [-0.2, 0) is 55.5 Å². The monoisotopic (exact) mass is 1660 g/mol.